The molecule has 3 aromatic rings. The number of benzene rings is 3. The third-order valence-electron chi connectivity index (χ3n) is 5.51. The predicted octanol–water partition coefficient (Wildman–Crippen LogP) is 7.75. The zero-order valence-electron chi connectivity index (χ0n) is 17.9. The summed E-state index contributed by atoms with van der Waals surface area (Å²) >= 11 is 0. The van der Waals surface area contributed by atoms with E-state index >= 15 is 4.39 Å². The molecule has 1 atom stereocenters. The monoisotopic (exact) mass is 438 g/mol. The van der Waals surface area contributed by atoms with E-state index in [2.05, 4.69) is 0 Å². The first-order valence-electron chi connectivity index (χ1n) is 10.8. The summed E-state index contributed by atoms with van der Waals surface area (Å²) in [6.07, 6.45) is 3.89. The van der Waals surface area contributed by atoms with Gasteiger partial charge in [0.2, 0.25) is 0 Å². The number of hydrogen-bond acceptors (Lipinski definition) is 2. The molecule has 0 bridgehead atoms. The molecule has 0 spiro atoms. The van der Waals surface area contributed by atoms with Gasteiger partial charge in [-0.2, -0.15) is 0 Å². The van der Waals surface area contributed by atoms with Crippen molar-refractivity contribution in [3.8, 4) is 17.2 Å². The summed E-state index contributed by atoms with van der Waals surface area (Å²) in [6.45, 7) is 2.51. The Morgan fingerprint density at radius 1 is 0.969 bits per heavy atom. The van der Waals surface area contributed by atoms with Crippen molar-refractivity contribution >= 4 is 0 Å². The van der Waals surface area contributed by atoms with Gasteiger partial charge in [-0.3, -0.25) is 0 Å². The highest BCUT2D eigenvalue weighted by Crippen LogP contribution is 2.47. The smallest absolute Gasteiger partial charge is 0.165 e. The molecule has 0 N–H and O–H groups in total. The summed E-state index contributed by atoms with van der Waals surface area (Å²) in [6, 6.07) is 17.4. The molecule has 1 unspecified atom stereocenters. The van der Waals surface area contributed by atoms with Crippen LogP contribution in [0.3, 0.4) is 0 Å². The lowest BCUT2D eigenvalue weighted by molar-refractivity contribution is 0.340. The van der Waals surface area contributed by atoms with Crippen molar-refractivity contribution in [2.45, 2.75) is 32.1 Å². The molecule has 0 heterocycles. The maximum atomic E-state index is 15.2. The van der Waals surface area contributed by atoms with Crippen molar-refractivity contribution in [2.75, 3.05) is 6.61 Å². The van der Waals surface area contributed by atoms with Gasteiger partial charge in [0, 0.05) is 5.92 Å². The fourth-order valence-corrected chi connectivity index (χ4v) is 3.75. The van der Waals surface area contributed by atoms with E-state index in [9.17, 15) is 8.78 Å². The van der Waals surface area contributed by atoms with Gasteiger partial charge in [0.05, 0.1) is 6.61 Å². The van der Waals surface area contributed by atoms with Crippen molar-refractivity contribution in [1.82, 2.24) is 0 Å². The first kappa shape index (κ1) is 22.0. The summed E-state index contributed by atoms with van der Waals surface area (Å²) in [5.41, 5.74) is 1.66. The Morgan fingerprint density at radius 2 is 1.66 bits per heavy atom. The zero-order chi connectivity index (χ0) is 22.5. The average Bonchev–Trinajstić information content (AvgIpc) is 3.62. The van der Waals surface area contributed by atoms with Crippen LogP contribution in [0.2, 0.25) is 0 Å². The van der Waals surface area contributed by atoms with Gasteiger partial charge in [-0.05, 0) is 97.8 Å². The molecule has 1 aliphatic rings. The predicted molar refractivity (Wildman–Crippen MR) is 119 cm³/mol. The highest BCUT2D eigenvalue weighted by molar-refractivity contribution is 5.38. The van der Waals surface area contributed by atoms with Crippen LogP contribution in [0.15, 0.2) is 78.6 Å². The van der Waals surface area contributed by atoms with E-state index in [-0.39, 0.29) is 17.5 Å². The second-order valence-corrected chi connectivity index (χ2v) is 7.93. The molecule has 2 nitrogen and oxygen atoms in total. The van der Waals surface area contributed by atoms with E-state index < -0.39 is 11.6 Å². The molecular formula is C27H25F3O2. The minimum absolute atomic E-state index is 0.0215. The Morgan fingerprint density at radius 3 is 2.31 bits per heavy atom. The molecule has 3 aromatic carbocycles. The van der Waals surface area contributed by atoms with Crippen molar-refractivity contribution < 1.29 is 22.6 Å². The molecule has 0 saturated heterocycles. The van der Waals surface area contributed by atoms with Crippen molar-refractivity contribution in [3.63, 3.8) is 0 Å². The van der Waals surface area contributed by atoms with E-state index in [1.54, 1.807) is 18.2 Å². The van der Waals surface area contributed by atoms with Crippen LogP contribution in [-0.2, 0) is 6.42 Å². The lowest BCUT2D eigenvalue weighted by atomic mass is 9.92. The van der Waals surface area contributed by atoms with E-state index in [1.807, 2.05) is 31.2 Å². The SMILES string of the molecule is CCOc1ccc(C(/C(F)=C/Cc2ccc(F)c(Oc3ccc(F)cc3)c2)C2CC2)cc1. The largest absolute Gasteiger partial charge is 0.494 e. The highest BCUT2D eigenvalue weighted by atomic mass is 19.1. The molecule has 1 saturated carbocycles. The number of ether oxygens (including phenoxy) is 2. The molecule has 32 heavy (non-hydrogen) atoms. The Balaban J connectivity index is 1.49. The number of rotatable bonds is 9. The van der Waals surface area contributed by atoms with Crippen molar-refractivity contribution in [3.05, 3.63) is 101 Å². The second kappa shape index (κ2) is 9.94. The van der Waals surface area contributed by atoms with Crippen molar-refractivity contribution in [1.29, 1.82) is 0 Å². The summed E-state index contributed by atoms with van der Waals surface area (Å²) < 4.78 is 53.5. The first-order valence-corrected chi connectivity index (χ1v) is 10.8. The average molecular weight is 438 g/mol. The van der Waals surface area contributed by atoms with E-state index in [4.69, 9.17) is 9.47 Å². The van der Waals surface area contributed by atoms with Gasteiger partial charge < -0.3 is 9.47 Å². The van der Waals surface area contributed by atoms with Gasteiger partial charge in [-0.1, -0.05) is 18.2 Å². The van der Waals surface area contributed by atoms with Crippen molar-refractivity contribution in [2.24, 2.45) is 5.92 Å². The van der Waals surface area contributed by atoms with Crippen LogP contribution in [0.25, 0.3) is 0 Å². The third-order valence-corrected chi connectivity index (χ3v) is 5.51. The quantitative estimate of drug-likeness (QED) is 0.340. The maximum absolute atomic E-state index is 15.2. The molecule has 0 radical (unpaired) electrons. The summed E-state index contributed by atoms with van der Waals surface area (Å²) in [7, 11) is 0. The Kier molecular flexibility index (Phi) is 6.84. The molecule has 4 rings (SSSR count). The molecule has 0 amide bonds. The Bertz CT molecular complexity index is 1070. The van der Waals surface area contributed by atoms with Gasteiger partial charge in [-0.15, -0.1) is 0 Å². The minimum atomic E-state index is -0.534. The number of hydrogen-bond donors (Lipinski definition) is 0. The minimum Gasteiger partial charge on any atom is -0.494 e. The number of halogens is 3. The topological polar surface area (TPSA) is 18.5 Å². The first-order chi connectivity index (χ1) is 15.5. The molecule has 1 aliphatic carbocycles. The summed E-state index contributed by atoms with van der Waals surface area (Å²) in [5.74, 6) is 0.0346. The Labute approximate surface area is 186 Å². The lowest BCUT2D eigenvalue weighted by Gasteiger charge is -2.16. The molecule has 1 fully saturated rings. The maximum Gasteiger partial charge on any atom is 0.165 e. The third kappa shape index (κ3) is 5.52. The normalized spacial score (nSPS) is 14.8. The van der Waals surface area contributed by atoms with Crippen LogP contribution in [0.1, 0.15) is 36.8 Å². The molecule has 5 heteroatoms. The summed E-state index contributed by atoms with van der Waals surface area (Å²) in [4.78, 5) is 0. The Hall–Kier alpha value is -3.21. The fraction of sp³-hybridized carbons (Fsp3) is 0.259. The van der Waals surface area contributed by atoms with E-state index in [0.717, 1.165) is 29.7 Å². The lowest BCUT2D eigenvalue weighted by Crippen LogP contribution is -2.03. The summed E-state index contributed by atoms with van der Waals surface area (Å²) in [5, 5.41) is 0. The van der Waals surface area contributed by atoms with Crippen LogP contribution in [0.4, 0.5) is 13.2 Å². The van der Waals surface area contributed by atoms with Gasteiger partial charge in [0.15, 0.2) is 11.6 Å². The second-order valence-electron chi connectivity index (χ2n) is 7.93. The van der Waals surface area contributed by atoms with E-state index in [1.165, 1.54) is 30.3 Å². The molecular weight excluding hydrogens is 413 g/mol. The highest BCUT2D eigenvalue weighted by Gasteiger charge is 2.35. The van der Waals surface area contributed by atoms with Gasteiger partial charge in [0.25, 0.3) is 0 Å². The fourth-order valence-electron chi connectivity index (χ4n) is 3.75. The molecule has 166 valence electrons. The van der Waals surface area contributed by atoms with Crippen LogP contribution in [-0.4, -0.2) is 6.61 Å². The number of allylic oxidation sites excluding steroid dienone is 2. The van der Waals surface area contributed by atoms with Crippen LogP contribution < -0.4 is 9.47 Å². The van der Waals surface area contributed by atoms with Gasteiger partial charge in [0.1, 0.15) is 23.1 Å². The van der Waals surface area contributed by atoms with Gasteiger partial charge >= 0.3 is 0 Å². The molecule has 0 aromatic heterocycles. The van der Waals surface area contributed by atoms with Crippen LogP contribution in [0, 0.1) is 17.6 Å². The van der Waals surface area contributed by atoms with Gasteiger partial charge in [-0.25, -0.2) is 13.2 Å². The zero-order valence-corrected chi connectivity index (χ0v) is 17.9. The van der Waals surface area contributed by atoms with E-state index in [0.29, 0.717) is 24.7 Å². The molecule has 0 aliphatic heterocycles. The standard InChI is InChI=1S/C27H25F3O2/c1-2-31-22-11-7-20(8-12-22)27(19-5-6-19)25(30)16-4-18-3-15-24(29)26(17-18)32-23-13-9-21(28)10-14-23/h3,7-17,19,27H,2,4-6H2,1H3/b25-16-. The van der Waals surface area contributed by atoms with Crippen LogP contribution >= 0.6 is 0 Å². The van der Waals surface area contributed by atoms with Crippen LogP contribution in [0.5, 0.6) is 17.2 Å².